The maximum absolute atomic E-state index is 12.1. The van der Waals surface area contributed by atoms with E-state index in [0.29, 0.717) is 13.0 Å². The Morgan fingerprint density at radius 3 is 2.55 bits per heavy atom. The Morgan fingerprint density at radius 2 is 1.86 bits per heavy atom. The fourth-order valence-corrected chi connectivity index (χ4v) is 10.1. The van der Waals surface area contributed by atoms with Gasteiger partial charge < -0.3 is 34.8 Å². The number of nitrogens with one attached hydrogen (secondary N) is 1. The summed E-state index contributed by atoms with van der Waals surface area (Å²) in [5.74, 6) is -0.398. The van der Waals surface area contributed by atoms with Crippen LogP contribution in [0.5, 0.6) is 0 Å². The highest BCUT2D eigenvalue weighted by molar-refractivity contribution is 5.35. The van der Waals surface area contributed by atoms with Crippen molar-refractivity contribution in [1.29, 1.82) is 0 Å². The first-order valence-corrected chi connectivity index (χ1v) is 11.3. The molecule has 4 N–H and O–H groups in total. The third kappa shape index (κ3) is 1.88. The molecule has 29 heavy (non-hydrogen) atoms. The molecule has 0 amide bonds. The smallest absolute Gasteiger partial charge is 0.0796 e. The largest absolute Gasteiger partial charge is 0.392 e. The minimum atomic E-state index is -1.13. The van der Waals surface area contributed by atoms with Crippen LogP contribution in [-0.4, -0.2) is 85.9 Å². The number of aliphatic hydroxyl groups is 3. The normalized spacial score (nSPS) is 64.3. The van der Waals surface area contributed by atoms with E-state index in [0.717, 1.165) is 25.8 Å². The van der Waals surface area contributed by atoms with Crippen LogP contribution in [0.3, 0.4) is 0 Å². The summed E-state index contributed by atoms with van der Waals surface area (Å²) in [6, 6.07) is -0.00876. The maximum atomic E-state index is 12.1. The van der Waals surface area contributed by atoms with Crippen LogP contribution in [0, 0.1) is 40.4 Å². The summed E-state index contributed by atoms with van der Waals surface area (Å²) in [6.07, 6.45) is 1.80. The van der Waals surface area contributed by atoms with E-state index < -0.39 is 17.8 Å². The van der Waals surface area contributed by atoms with E-state index in [-0.39, 0.29) is 58.7 Å². The Bertz CT molecular complexity index is 707. The maximum Gasteiger partial charge on any atom is 0.0796 e. The molecule has 0 aromatic rings. The van der Waals surface area contributed by atoms with Crippen molar-refractivity contribution in [2.45, 2.75) is 61.7 Å². The first-order chi connectivity index (χ1) is 13.9. The topological polar surface area (TPSA) is 100 Å². The molecule has 5 saturated carbocycles. The zero-order valence-electron chi connectivity index (χ0n) is 17.6. The van der Waals surface area contributed by atoms with Crippen molar-refractivity contribution < 1.29 is 29.5 Å². The van der Waals surface area contributed by atoms with Gasteiger partial charge in [0.05, 0.1) is 36.6 Å². The van der Waals surface area contributed by atoms with Crippen LogP contribution in [0.1, 0.15) is 25.7 Å². The van der Waals surface area contributed by atoms with Crippen molar-refractivity contribution in [2.75, 3.05) is 34.5 Å². The van der Waals surface area contributed by atoms with Gasteiger partial charge in [-0.3, -0.25) is 0 Å². The zero-order valence-corrected chi connectivity index (χ0v) is 17.6. The lowest BCUT2D eigenvalue weighted by molar-refractivity contribution is -0.250. The van der Waals surface area contributed by atoms with Crippen LogP contribution >= 0.6 is 0 Å². The molecule has 0 aromatic carbocycles. The van der Waals surface area contributed by atoms with Crippen molar-refractivity contribution in [3.05, 3.63) is 0 Å². The summed E-state index contributed by atoms with van der Waals surface area (Å²) >= 11 is 0. The first kappa shape index (κ1) is 19.4. The molecule has 1 aliphatic heterocycles. The molecule has 7 bridgehead atoms. The zero-order chi connectivity index (χ0) is 20.3. The van der Waals surface area contributed by atoms with Gasteiger partial charge in [0.15, 0.2) is 0 Å². The number of ether oxygens (including phenoxy) is 3. The quantitative estimate of drug-likeness (QED) is 0.509. The summed E-state index contributed by atoms with van der Waals surface area (Å²) < 4.78 is 17.6. The third-order valence-corrected chi connectivity index (χ3v) is 10.5. The van der Waals surface area contributed by atoms with Gasteiger partial charge in [0.1, 0.15) is 0 Å². The number of fused-ring (bicyclic) bond motifs is 2. The van der Waals surface area contributed by atoms with Crippen LogP contribution < -0.4 is 5.32 Å². The monoisotopic (exact) mass is 409 g/mol. The van der Waals surface area contributed by atoms with E-state index in [4.69, 9.17) is 14.2 Å². The van der Waals surface area contributed by atoms with E-state index >= 15 is 0 Å². The van der Waals surface area contributed by atoms with Gasteiger partial charge in [-0.1, -0.05) is 0 Å². The molecule has 6 fully saturated rings. The molecule has 7 nitrogen and oxygen atoms in total. The van der Waals surface area contributed by atoms with E-state index in [1.54, 1.807) is 21.3 Å². The Labute approximate surface area is 172 Å². The fourth-order valence-electron chi connectivity index (χ4n) is 10.1. The molecule has 6 rings (SSSR count). The van der Waals surface area contributed by atoms with Gasteiger partial charge in [0.25, 0.3) is 0 Å². The highest BCUT2D eigenvalue weighted by Crippen LogP contribution is 2.77. The molecule has 1 saturated heterocycles. The van der Waals surface area contributed by atoms with Gasteiger partial charge in [0.2, 0.25) is 0 Å². The van der Waals surface area contributed by atoms with Gasteiger partial charge in [-0.2, -0.15) is 0 Å². The summed E-state index contributed by atoms with van der Waals surface area (Å²) in [7, 11) is 5.20. The second kappa shape index (κ2) is 5.94. The molecule has 1 spiro atoms. The average Bonchev–Trinajstić information content (AvgIpc) is 3.06. The molecule has 0 radical (unpaired) electrons. The predicted octanol–water partition coefficient (Wildman–Crippen LogP) is -0.230. The SMILES string of the molecule is COC[C@]12CCC(OC)[C@]34C(NC1)[C@H]([C@H](O)[C@H]23)[C@@]1(O)C[C@H](OC)[C@H]2C[C@@H]4[C@@H]1[C@H]2O. The van der Waals surface area contributed by atoms with Crippen LogP contribution in [0.25, 0.3) is 0 Å². The molecular formula is C22H35NO6. The van der Waals surface area contributed by atoms with Gasteiger partial charge in [0, 0.05) is 74.8 Å². The molecule has 2 unspecified atom stereocenters. The lowest BCUT2D eigenvalue weighted by atomic mass is 9.43. The van der Waals surface area contributed by atoms with Gasteiger partial charge in [-0.15, -0.1) is 0 Å². The van der Waals surface area contributed by atoms with Crippen LogP contribution in [-0.2, 0) is 14.2 Å². The number of methoxy groups -OCH3 is 3. The molecule has 7 heteroatoms. The molecule has 0 aromatic heterocycles. The number of hydrogen-bond donors (Lipinski definition) is 4. The van der Waals surface area contributed by atoms with Gasteiger partial charge >= 0.3 is 0 Å². The number of aliphatic hydroxyl groups excluding tert-OH is 2. The molecule has 6 aliphatic rings. The van der Waals surface area contributed by atoms with Crippen molar-refractivity contribution >= 4 is 0 Å². The average molecular weight is 410 g/mol. The second-order valence-electron chi connectivity index (χ2n) is 10.9. The molecule has 164 valence electrons. The van der Waals surface area contributed by atoms with Crippen molar-refractivity contribution in [1.82, 2.24) is 5.32 Å². The lowest BCUT2D eigenvalue weighted by Crippen LogP contribution is -2.76. The number of rotatable bonds is 4. The molecule has 13 atom stereocenters. The van der Waals surface area contributed by atoms with Crippen molar-refractivity contribution in [3.8, 4) is 0 Å². The van der Waals surface area contributed by atoms with Crippen molar-refractivity contribution in [3.63, 3.8) is 0 Å². The summed E-state index contributed by atoms with van der Waals surface area (Å²) in [5, 5.41) is 39.1. The Kier molecular flexibility index (Phi) is 3.98. The Hall–Kier alpha value is -0.280. The Balaban J connectivity index is 1.58. The molecular weight excluding hydrogens is 374 g/mol. The van der Waals surface area contributed by atoms with Crippen LogP contribution in [0.2, 0.25) is 0 Å². The highest BCUT2D eigenvalue weighted by atomic mass is 16.5. The van der Waals surface area contributed by atoms with E-state index in [2.05, 4.69) is 5.32 Å². The number of piperidine rings is 1. The minimum absolute atomic E-state index is 0.00876. The van der Waals surface area contributed by atoms with Gasteiger partial charge in [-0.25, -0.2) is 0 Å². The van der Waals surface area contributed by atoms with Crippen LogP contribution in [0.4, 0.5) is 0 Å². The number of hydrogen-bond acceptors (Lipinski definition) is 7. The second-order valence-corrected chi connectivity index (χ2v) is 10.9. The van der Waals surface area contributed by atoms with E-state index in [1.165, 1.54) is 0 Å². The van der Waals surface area contributed by atoms with Gasteiger partial charge in [-0.05, 0) is 25.2 Å². The van der Waals surface area contributed by atoms with Crippen molar-refractivity contribution in [2.24, 2.45) is 40.4 Å². The standard InChI is InChI=1S/C22H35NO6/c1-27-9-20-5-4-13(29-3)22-11-6-10-12(28-2)7-21(26,14(11)16(10)24)15(17(25)18(20)22)19(22)23-8-20/h10-19,23-26H,4-9H2,1-3H3/t10-,11-,12+,13?,14-,15+,16+,17+,18-,19?,20+,21-,22+/m1/s1. The highest BCUT2D eigenvalue weighted by Gasteiger charge is 2.85. The third-order valence-electron chi connectivity index (χ3n) is 10.5. The summed E-state index contributed by atoms with van der Waals surface area (Å²) in [5.41, 5.74) is -1.57. The molecule has 1 heterocycles. The van der Waals surface area contributed by atoms with E-state index in [1.807, 2.05) is 0 Å². The van der Waals surface area contributed by atoms with E-state index in [9.17, 15) is 15.3 Å². The Morgan fingerprint density at radius 1 is 1.07 bits per heavy atom. The predicted molar refractivity (Wildman–Crippen MR) is 103 cm³/mol. The summed E-state index contributed by atoms with van der Waals surface area (Å²) in [4.78, 5) is 0. The molecule has 5 aliphatic carbocycles. The fraction of sp³-hybridized carbons (Fsp3) is 1.00. The minimum Gasteiger partial charge on any atom is -0.392 e. The first-order valence-electron chi connectivity index (χ1n) is 11.3. The lowest BCUT2D eigenvalue weighted by Gasteiger charge is -2.66. The summed E-state index contributed by atoms with van der Waals surface area (Å²) in [6.45, 7) is 1.40. The van der Waals surface area contributed by atoms with Crippen LogP contribution in [0.15, 0.2) is 0 Å².